The van der Waals surface area contributed by atoms with E-state index in [-0.39, 0.29) is 0 Å². The van der Waals surface area contributed by atoms with Crippen molar-refractivity contribution in [1.82, 2.24) is 9.97 Å². The van der Waals surface area contributed by atoms with E-state index in [9.17, 15) is 0 Å². The van der Waals surface area contributed by atoms with Crippen molar-refractivity contribution in [2.24, 2.45) is 11.1 Å². The minimum Gasteiger partial charge on any atom is -0.369 e. The van der Waals surface area contributed by atoms with Crippen LogP contribution in [0.25, 0.3) is 0 Å². The number of nitrogens with zero attached hydrogens (tertiary/aromatic N) is 2. The molecular formula is C11H18N4. The van der Waals surface area contributed by atoms with Crippen LogP contribution in [0.2, 0.25) is 0 Å². The molecule has 0 amide bonds. The molecule has 0 atom stereocenters. The maximum atomic E-state index is 5.59. The largest absolute Gasteiger partial charge is 0.369 e. The van der Waals surface area contributed by atoms with Crippen LogP contribution < -0.4 is 11.1 Å². The molecule has 82 valence electrons. The number of hydrogen-bond donors (Lipinski definition) is 2. The molecule has 1 fully saturated rings. The van der Waals surface area contributed by atoms with Gasteiger partial charge in [0.15, 0.2) is 0 Å². The molecule has 4 nitrogen and oxygen atoms in total. The van der Waals surface area contributed by atoms with Crippen molar-refractivity contribution in [2.75, 3.05) is 18.4 Å². The van der Waals surface area contributed by atoms with Crippen LogP contribution in [-0.2, 0) is 0 Å². The topological polar surface area (TPSA) is 63.8 Å². The maximum Gasteiger partial charge on any atom is 0.129 e. The van der Waals surface area contributed by atoms with Crippen molar-refractivity contribution >= 4 is 5.82 Å². The summed E-state index contributed by atoms with van der Waals surface area (Å²) >= 11 is 0. The Kier molecular flexibility index (Phi) is 2.86. The third kappa shape index (κ3) is 2.65. The van der Waals surface area contributed by atoms with Gasteiger partial charge >= 0.3 is 0 Å². The van der Waals surface area contributed by atoms with E-state index >= 15 is 0 Å². The maximum absolute atomic E-state index is 5.59. The first-order chi connectivity index (χ1) is 7.24. The van der Waals surface area contributed by atoms with Crippen LogP contribution in [0, 0.1) is 12.3 Å². The van der Waals surface area contributed by atoms with Crippen LogP contribution in [0.5, 0.6) is 0 Å². The summed E-state index contributed by atoms with van der Waals surface area (Å²) in [7, 11) is 0. The van der Waals surface area contributed by atoms with E-state index in [4.69, 9.17) is 5.73 Å². The van der Waals surface area contributed by atoms with Gasteiger partial charge in [-0.05, 0) is 38.1 Å². The molecule has 1 aliphatic rings. The normalized spacial score (nSPS) is 17.5. The molecule has 1 aromatic heterocycles. The molecule has 0 unspecified atom stereocenters. The van der Waals surface area contributed by atoms with E-state index in [1.54, 1.807) is 6.33 Å². The Labute approximate surface area is 90.3 Å². The Balaban J connectivity index is 1.88. The third-order valence-corrected chi connectivity index (χ3v) is 3.08. The zero-order valence-electron chi connectivity index (χ0n) is 9.16. The van der Waals surface area contributed by atoms with Gasteiger partial charge in [0.2, 0.25) is 0 Å². The van der Waals surface area contributed by atoms with Gasteiger partial charge in [0.05, 0.1) is 0 Å². The lowest BCUT2D eigenvalue weighted by Gasteiger charge is -2.15. The summed E-state index contributed by atoms with van der Waals surface area (Å²) in [5.74, 6) is 0.922. The number of hydrogen-bond acceptors (Lipinski definition) is 4. The first kappa shape index (κ1) is 10.4. The van der Waals surface area contributed by atoms with Crippen LogP contribution in [0.4, 0.5) is 5.82 Å². The summed E-state index contributed by atoms with van der Waals surface area (Å²) in [5, 5.41) is 3.37. The van der Waals surface area contributed by atoms with Gasteiger partial charge in [-0.3, -0.25) is 0 Å². The third-order valence-electron chi connectivity index (χ3n) is 3.08. The van der Waals surface area contributed by atoms with Crippen LogP contribution in [0.1, 0.15) is 25.0 Å². The zero-order chi connectivity index (χ0) is 10.7. The van der Waals surface area contributed by atoms with E-state index in [1.807, 2.05) is 13.0 Å². The molecule has 0 saturated heterocycles. The molecule has 1 aromatic rings. The van der Waals surface area contributed by atoms with Crippen molar-refractivity contribution in [3.8, 4) is 0 Å². The average Bonchev–Trinajstić information content (AvgIpc) is 2.97. The van der Waals surface area contributed by atoms with Crippen molar-refractivity contribution in [1.29, 1.82) is 0 Å². The van der Waals surface area contributed by atoms with Crippen LogP contribution >= 0.6 is 0 Å². The molecule has 2 rings (SSSR count). The van der Waals surface area contributed by atoms with Gasteiger partial charge in [0.1, 0.15) is 12.1 Å². The fourth-order valence-electron chi connectivity index (χ4n) is 1.83. The van der Waals surface area contributed by atoms with E-state index in [0.717, 1.165) is 31.0 Å². The minimum absolute atomic E-state index is 0.452. The lowest BCUT2D eigenvalue weighted by Crippen LogP contribution is -2.19. The first-order valence-electron chi connectivity index (χ1n) is 5.47. The Bertz CT molecular complexity index is 333. The molecule has 1 saturated carbocycles. The van der Waals surface area contributed by atoms with E-state index in [0.29, 0.717) is 5.41 Å². The van der Waals surface area contributed by atoms with Gasteiger partial charge in [0, 0.05) is 18.3 Å². The number of rotatable bonds is 5. The summed E-state index contributed by atoms with van der Waals surface area (Å²) in [4.78, 5) is 8.24. The molecule has 4 heteroatoms. The van der Waals surface area contributed by atoms with Crippen molar-refractivity contribution in [3.63, 3.8) is 0 Å². The van der Waals surface area contributed by atoms with E-state index < -0.39 is 0 Å². The molecule has 0 aliphatic heterocycles. The zero-order valence-corrected chi connectivity index (χ0v) is 9.16. The number of nitrogens with one attached hydrogen (secondary N) is 1. The summed E-state index contributed by atoms with van der Waals surface area (Å²) in [6.45, 7) is 3.74. The van der Waals surface area contributed by atoms with E-state index in [1.165, 1.54) is 12.8 Å². The fourth-order valence-corrected chi connectivity index (χ4v) is 1.83. The number of anilines is 1. The molecular weight excluding hydrogens is 188 g/mol. The summed E-state index contributed by atoms with van der Waals surface area (Å²) in [6, 6.07) is 1.97. The monoisotopic (exact) mass is 206 g/mol. The fraction of sp³-hybridized carbons (Fsp3) is 0.636. The summed E-state index contributed by atoms with van der Waals surface area (Å²) in [5.41, 5.74) is 7.04. The summed E-state index contributed by atoms with van der Waals surface area (Å²) in [6.07, 6.45) is 5.30. The van der Waals surface area contributed by atoms with Crippen molar-refractivity contribution in [3.05, 3.63) is 18.1 Å². The second-order valence-corrected chi connectivity index (χ2v) is 4.44. The molecule has 0 bridgehead atoms. The molecule has 0 radical (unpaired) electrons. The van der Waals surface area contributed by atoms with Gasteiger partial charge in [-0.2, -0.15) is 0 Å². The Morgan fingerprint density at radius 1 is 1.47 bits per heavy atom. The number of aryl methyl sites for hydroxylation is 1. The molecule has 1 aliphatic carbocycles. The first-order valence-corrected chi connectivity index (χ1v) is 5.47. The highest BCUT2D eigenvalue weighted by molar-refractivity contribution is 5.35. The van der Waals surface area contributed by atoms with Crippen LogP contribution in [0.15, 0.2) is 12.4 Å². The Hall–Kier alpha value is -1.16. The minimum atomic E-state index is 0.452. The Morgan fingerprint density at radius 2 is 2.27 bits per heavy atom. The summed E-state index contributed by atoms with van der Waals surface area (Å²) < 4.78 is 0. The van der Waals surface area contributed by atoms with Gasteiger partial charge in [-0.25, -0.2) is 9.97 Å². The van der Waals surface area contributed by atoms with E-state index in [2.05, 4.69) is 15.3 Å². The lowest BCUT2D eigenvalue weighted by molar-refractivity contribution is 0.500. The SMILES string of the molecule is Cc1cc(NCC2(CCN)CC2)ncn1. The van der Waals surface area contributed by atoms with Gasteiger partial charge in [-0.1, -0.05) is 0 Å². The second kappa shape index (κ2) is 4.14. The highest BCUT2D eigenvalue weighted by atomic mass is 15.0. The molecule has 15 heavy (non-hydrogen) atoms. The highest BCUT2D eigenvalue weighted by Crippen LogP contribution is 2.48. The van der Waals surface area contributed by atoms with Crippen LogP contribution in [0.3, 0.4) is 0 Å². The Morgan fingerprint density at radius 3 is 2.87 bits per heavy atom. The van der Waals surface area contributed by atoms with Crippen molar-refractivity contribution in [2.45, 2.75) is 26.2 Å². The lowest BCUT2D eigenvalue weighted by atomic mass is 10.0. The molecule has 1 heterocycles. The van der Waals surface area contributed by atoms with Crippen molar-refractivity contribution < 1.29 is 0 Å². The molecule has 3 N–H and O–H groups in total. The molecule has 0 spiro atoms. The quantitative estimate of drug-likeness (QED) is 0.762. The standard InChI is InChI=1S/C11H18N4/c1-9-6-10(15-8-14-9)13-7-11(2-3-11)4-5-12/h6,8H,2-5,7,12H2,1H3,(H,13,14,15). The predicted molar refractivity (Wildman–Crippen MR) is 60.6 cm³/mol. The predicted octanol–water partition coefficient (Wildman–Crippen LogP) is 1.33. The second-order valence-electron chi connectivity index (χ2n) is 4.44. The smallest absolute Gasteiger partial charge is 0.129 e. The number of aromatic nitrogens is 2. The van der Waals surface area contributed by atoms with Crippen LogP contribution in [-0.4, -0.2) is 23.1 Å². The van der Waals surface area contributed by atoms with Gasteiger partial charge < -0.3 is 11.1 Å². The highest BCUT2D eigenvalue weighted by Gasteiger charge is 2.41. The van der Waals surface area contributed by atoms with Gasteiger partial charge in [0.25, 0.3) is 0 Å². The number of nitrogens with two attached hydrogens (primary N) is 1. The molecule has 0 aromatic carbocycles. The average molecular weight is 206 g/mol. The van der Waals surface area contributed by atoms with Gasteiger partial charge in [-0.15, -0.1) is 0 Å².